The molecule has 0 saturated carbocycles. The number of rotatable bonds is 5. The Bertz CT molecular complexity index is 451. The second-order valence-corrected chi connectivity index (χ2v) is 5.74. The summed E-state index contributed by atoms with van der Waals surface area (Å²) in [6.07, 6.45) is 0.447. The molecule has 19 heavy (non-hydrogen) atoms. The maximum Gasteiger partial charge on any atom is 0.223 e. The van der Waals surface area contributed by atoms with E-state index < -0.39 is 0 Å². The van der Waals surface area contributed by atoms with E-state index in [4.69, 9.17) is 28.9 Å². The summed E-state index contributed by atoms with van der Waals surface area (Å²) in [6.45, 7) is 4.42. The Balaban J connectivity index is 2.81. The molecule has 1 aromatic carbocycles. The lowest BCUT2D eigenvalue weighted by Gasteiger charge is -2.27. The van der Waals surface area contributed by atoms with E-state index in [9.17, 15) is 4.79 Å². The van der Waals surface area contributed by atoms with Gasteiger partial charge in [0.15, 0.2) is 0 Å². The van der Waals surface area contributed by atoms with Crippen LogP contribution >= 0.6 is 23.2 Å². The van der Waals surface area contributed by atoms with Crippen LogP contribution in [0.15, 0.2) is 18.2 Å². The summed E-state index contributed by atoms with van der Waals surface area (Å²) < 4.78 is 0. The number of nitrogens with two attached hydrogens (primary N) is 1. The lowest BCUT2D eigenvalue weighted by molar-refractivity contribution is -0.132. The van der Waals surface area contributed by atoms with E-state index in [0.717, 1.165) is 5.56 Å². The molecule has 0 radical (unpaired) electrons. The number of hydrogen-bond donors (Lipinski definition) is 1. The third-order valence-electron chi connectivity index (χ3n) is 3.31. The van der Waals surface area contributed by atoms with Crippen LogP contribution in [-0.4, -0.2) is 24.4 Å². The summed E-state index contributed by atoms with van der Waals surface area (Å²) in [6, 6.07) is 5.23. The van der Waals surface area contributed by atoms with Crippen LogP contribution in [0.5, 0.6) is 0 Å². The van der Waals surface area contributed by atoms with E-state index >= 15 is 0 Å². The standard InChI is InChI=1S/C14H20Cl2N2O/c1-9(8-17)6-14(19)18(3)10(2)12-5-4-11(15)7-13(12)16/h4-5,7,9-10H,6,8,17H2,1-3H3. The van der Waals surface area contributed by atoms with Crippen molar-refractivity contribution in [3.8, 4) is 0 Å². The fourth-order valence-electron chi connectivity index (χ4n) is 1.79. The van der Waals surface area contributed by atoms with Crippen molar-refractivity contribution in [3.63, 3.8) is 0 Å². The minimum atomic E-state index is -0.0951. The monoisotopic (exact) mass is 302 g/mol. The van der Waals surface area contributed by atoms with E-state index in [1.54, 1.807) is 24.1 Å². The fraction of sp³-hybridized carbons (Fsp3) is 0.500. The number of amides is 1. The first-order valence-corrected chi connectivity index (χ1v) is 7.03. The van der Waals surface area contributed by atoms with Crippen LogP contribution in [0.3, 0.4) is 0 Å². The van der Waals surface area contributed by atoms with E-state index in [0.29, 0.717) is 23.0 Å². The van der Waals surface area contributed by atoms with E-state index in [1.165, 1.54) is 0 Å². The number of benzene rings is 1. The Morgan fingerprint density at radius 3 is 2.53 bits per heavy atom. The van der Waals surface area contributed by atoms with Gasteiger partial charge < -0.3 is 10.6 Å². The van der Waals surface area contributed by atoms with Crippen LogP contribution in [0.25, 0.3) is 0 Å². The van der Waals surface area contributed by atoms with Gasteiger partial charge in [-0.1, -0.05) is 36.2 Å². The van der Waals surface area contributed by atoms with Crippen LogP contribution in [0.2, 0.25) is 10.0 Å². The first kappa shape index (κ1) is 16.3. The van der Waals surface area contributed by atoms with Crippen LogP contribution in [0.4, 0.5) is 0 Å². The summed E-state index contributed by atoms with van der Waals surface area (Å²) in [5.74, 6) is 0.249. The molecular formula is C14H20Cl2N2O. The summed E-state index contributed by atoms with van der Waals surface area (Å²) in [4.78, 5) is 13.8. The maximum atomic E-state index is 12.1. The second-order valence-electron chi connectivity index (χ2n) is 4.89. The molecule has 0 fully saturated rings. The largest absolute Gasteiger partial charge is 0.339 e. The van der Waals surface area contributed by atoms with Crippen molar-refractivity contribution in [2.24, 2.45) is 11.7 Å². The van der Waals surface area contributed by atoms with Gasteiger partial charge in [-0.2, -0.15) is 0 Å². The summed E-state index contributed by atoms with van der Waals surface area (Å²) in [7, 11) is 1.78. The molecule has 2 N–H and O–H groups in total. The predicted molar refractivity (Wildman–Crippen MR) is 80.5 cm³/mol. The molecule has 0 aliphatic carbocycles. The molecule has 1 amide bonds. The zero-order valence-electron chi connectivity index (χ0n) is 11.5. The smallest absolute Gasteiger partial charge is 0.223 e. The van der Waals surface area contributed by atoms with Crippen molar-refractivity contribution >= 4 is 29.1 Å². The molecule has 106 valence electrons. The van der Waals surface area contributed by atoms with Crippen molar-refractivity contribution in [1.82, 2.24) is 4.90 Å². The molecule has 3 nitrogen and oxygen atoms in total. The van der Waals surface area contributed by atoms with Gasteiger partial charge in [0, 0.05) is 23.5 Å². The van der Waals surface area contributed by atoms with Gasteiger partial charge in [0.25, 0.3) is 0 Å². The summed E-state index contributed by atoms with van der Waals surface area (Å²) in [5, 5.41) is 1.17. The summed E-state index contributed by atoms with van der Waals surface area (Å²) in [5.41, 5.74) is 6.43. The Hall–Kier alpha value is -0.770. The van der Waals surface area contributed by atoms with Crippen molar-refractivity contribution in [1.29, 1.82) is 0 Å². The minimum absolute atomic E-state index is 0.0662. The number of carbonyl (C=O) groups excluding carboxylic acids is 1. The summed E-state index contributed by atoms with van der Waals surface area (Å²) >= 11 is 12.0. The van der Waals surface area contributed by atoms with Crippen molar-refractivity contribution in [2.75, 3.05) is 13.6 Å². The average molecular weight is 303 g/mol. The minimum Gasteiger partial charge on any atom is -0.339 e. The van der Waals surface area contributed by atoms with E-state index in [2.05, 4.69) is 0 Å². The van der Waals surface area contributed by atoms with Gasteiger partial charge in [0.1, 0.15) is 0 Å². The Kier molecular flexibility index (Phi) is 6.11. The highest BCUT2D eigenvalue weighted by molar-refractivity contribution is 6.35. The van der Waals surface area contributed by atoms with Crippen LogP contribution in [-0.2, 0) is 4.79 Å². The third-order valence-corrected chi connectivity index (χ3v) is 3.87. The third kappa shape index (κ3) is 4.37. The molecule has 5 heteroatoms. The molecule has 2 atom stereocenters. The normalized spacial score (nSPS) is 14.0. The van der Waals surface area contributed by atoms with Crippen molar-refractivity contribution in [3.05, 3.63) is 33.8 Å². The number of carbonyl (C=O) groups is 1. The number of nitrogens with zero attached hydrogens (tertiary/aromatic N) is 1. The quantitative estimate of drug-likeness (QED) is 0.905. The molecule has 1 rings (SSSR count). The van der Waals surface area contributed by atoms with Gasteiger partial charge in [-0.05, 0) is 37.1 Å². The van der Waals surface area contributed by atoms with Crippen LogP contribution in [0.1, 0.15) is 31.9 Å². The molecule has 0 aliphatic rings. The lowest BCUT2D eigenvalue weighted by atomic mass is 10.0. The van der Waals surface area contributed by atoms with Gasteiger partial charge in [-0.15, -0.1) is 0 Å². The predicted octanol–water partition coefficient (Wildman–Crippen LogP) is 3.50. The molecule has 2 unspecified atom stereocenters. The van der Waals surface area contributed by atoms with Crippen LogP contribution in [0, 0.1) is 5.92 Å². The first-order chi connectivity index (χ1) is 8.86. The van der Waals surface area contributed by atoms with Crippen molar-refractivity contribution in [2.45, 2.75) is 26.3 Å². The molecule has 0 heterocycles. The SMILES string of the molecule is CC(CN)CC(=O)N(C)C(C)c1ccc(Cl)cc1Cl. The molecule has 0 aromatic heterocycles. The van der Waals surface area contributed by atoms with Gasteiger partial charge in [-0.3, -0.25) is 4.79 Å². The molecule has 0 saturated heterocycles. The molecule has 0 aliphatic heterocycles. The highest BCUT2D eigenvalue weighted by Crippen LogP contribution is 2.29. The molecule has 0 bridgehead atoms. The van der Waals surface area contributed by atoms with Crippen LogP contribution < -0.4 is 5.73 Å². The first-order valence-electron chi connectivity index (χ1n) is 6.27. The zero-order valence-corrected chi connectivity index (χ0v) is 13.0. The molecular weight excluding hydrogens is 283 g/mol. The Labute approximate surface area is 124 Å². The number of hydrogen-bond acceptors (Lipinski definition) is 2. The topological polar surface area (TPSA) is 46.3 Å². The average Bonchev–Trinajstić information content (AvgIpc) is 2.36. The highest BCUT2D eigenvalue weighted by atomic mass is 35.5. The number of halogens is 2. The molecule has 1 aromatic rings. The second kappa shape index (κ2) is 7.13. The molecule has 0 spiro atoms. The van der Waals surface area contributed by atoms with Crippen molar-refractivity contribution < 1.29 is 4.79 Å². The Morgan fingerprint density at radius 2 is 2.00 bits per heavy atom. The van der Waals surface area contributed by atoms with Gasteiger partial charge in [-0.25, -0.2) is 0 Å². The lowest BCUT2D eigenvalue weighted by Crippen LogP contribution is -2.32. The van der Waals surface area contributed by atoms with E-state index in [-0.39, 0.29) is 17.9 Å². The fourth-order valence-corrected chi connectivity index (χ4v) is 2.36. The Morgan fingerprint density at radius 1 is 1.37 bits per heavy atom. The maximum absolute atomic E-state index is 12.1. The van der Waals surface area contributed by atoms with Gasteiger partial charge >= 0.3 is 0 Å². The van der Waals surface area contributed by atoms with E-state index in [1.807, 2.05) is 19.9 Å². The van der Waals surface area contributed by atoms with Gasteiger partial charge in [0.2, 0.25) is 5.91 Å². The highest BCUT2D eigenvalue weighted by Gasteiger charge is 2.20. The van der Waals surface area contributed by atoms with Gasteiger partial charge in [0.05, 0.1) is 6.04 Å². The zero-order chi connectivity index (χ0) is 14.6.